The highest BCUT2D eigenvalue weighted by atomic mass is 15.5. The van der Waals surface area contributed by atoms with Crippen LogP contribution in [0.1, 0.15) is 18.3 Å². The molecule has 0 saturated carbocycles. The highest BCUT2D eigenvalue weighted by molar-refractivity contribution is 5.83. The van der Waals surface area contributed by atoms with Gasteiger partial charge in [-0.1, -0.05) is 17.7 Å². The zero-order valence-electron chi connectivity index (χ0n) is 10.3. The molecule has 0 spiro atoms. The van der Waals surface area contributed by atoms with Gasteiger partial charge in [0, 0.05) is 5.10 Å². The number of aryl methyl sites for hydroxylation is 2. The Bertz CT molecular complexity index is 622. The standard InChI is InChI=1S/C13H15N4/c1-9-5-4-6-11(7-9)13-15-16(3)12-8-10(2)14-17(12)13/h4-7H,8H2,1-3H3/q+1. The van der Waals surface area contributed by atoms with Crippen LogP contribution in [-0.2, 0) is 13.5 Å². The van der Waals surface area contributed by atoms with E-state index >= 15 is 0 Å². The zero-order chi connectivity index (χ0) is 12.0. The summed E-state index contributed by atoms with van der Waals surface area (Å²) in [7, 11) is 1.97. The molecule has 1 aromatic heterocycles. The van der Waals surface area contributed by atoms with Gasteiger partial charge in [0.25, 0.3) is 5.82 Å². The third kappa shape index (κ3) is 1.56. The first-order valence-corrected chi connectivity index (χ1v) is 5.74. The smallest absolute Gasteiger partial charge is 0.114 e. The predicted molar refractivity (Wildman–Crippen MR) is 65.8 cm³/mol. The molecule has 1 aromatic carbocycles. The maximum atomic E-state index is 4.55. The number of hydrogen-bond acceptors (Lipinski definition) is 2. The van der Waals surface area contributed by atoms with Crippen LogP contribution in [0.25, 0.3) is 11.4 Å². The van der Waals surface area contributed by atoms with Crippen LogP contribution < -0.4 is 4.68 Å². The quantitative estimate of drug-likeness (QED) is 0.679. The maximum Gasteiger partial charge on any atom is 0.332 e. The topological polar surface area (TPSA) is 34.1 Å². The van der Waals surface area contributed by atoms with Crippen LogP contribution in [0.3, 0.4) is 0 Å². The third-order valence-electron chi connectivity index (χ3n) is 3.02. The summed E-state index contributed by atoms with van der Waals surface area (Å²) in [4.78, 5) is 0. The molecule has 0 fully saturated rings. The number of rotatable bonds is 1. The van der Waals surface area contributed by atoms with Crippen LogP contribution in [0.4, 0.5) is 0 Å². The van der Waals surface area contributed by atoms with Crippen molar-refractivity contribution in [1.82, 2.24) is 9.78 Å². The summed E-state index contributed by atoms with van der Waals surface area (Å²) in [5.74, 6) is 2.06. The fourth-order valence-corrected chi connectivity index (χ4v) is 2.19. The lowest BCUT2D eigenvalue weighted by Gasteiger charge is -1.95. The Balaban J connectivity index is 2.20. The van der Waals surface area contributed by atoms with Crippen LogP contribution >= 0.6 is 0 Å². The lowest BCUT2D eigenvalue weighted by Crippen LogP contribution is -2.29. The highest BCUT2D eigenvalue weighted by Gasteiger charge is 2.29. The van der Waals surface area contributed by atoms with Gasteiger partial charge in [0.05, 0.1) is 24.7 Å². The van der Waals surface area contributed by atoms with Gasteiger partial charge in [-0.2, -0.15) is 0 Å². The highest BCUT2D eigenvalue weighted by Crippen LogP contribution is 2.17. The third-order valence-corrected chi connectivity index (χ3v) is 3.02. The second kappa shape index (κ2) is 3.52. The van der Waals surface area contributed by atoms with E-state index in [-0.39, 0.29) is 0 Å². The molecule has 0 saturated heterocycles. The van der Waals surface area contributed by atoms with E-state index in [4.69, 9.17) is 0 Å². The first kappa shape index (κ1) is 10.2. The van der Waals surface area contributed by atoms with Crippen molar-refractivity contribution in [3.05, 3.63) is 35.7 Å². The zero-order valence-corrected chi connectivity index (χ0v) is 10.3. The average molecular weight is 227 g/mol. The molecule has 2 aromatic rings. The molecule has 2 heterocycles. The van der Waals surface area contributed by atoms with Crippen molar-refractivity contribution in [2.24, 2.45) is 12.1 Å². The Morgan fingerprint density at radius 3 is 2.88 bits per heavy atom. The Morgan fingerprint density at radius 2 is 2.12 bits per heavy atom. The van der Waals surface area contributed by atoms with Gasteiger partial charge in [-0.3, -0.25) is 0 Å². The minimum absolute atomic E-state index is 0.884. The van der Waals surface area contributed by atoms with Crippen molar-refractivity contribution in [1.29, 1.82) is 0 Å². The normalized spacial score (nSPS) is 13.7. The van der Waals surface area contributed by atoms with Crippen molar-refractivity contribution < 1.29 is 4.68 Å². The largest absolute Gasteiger partial charge is 0.332 e. The number of nitrogens with zero attached hydrogens (tertiary/aromatic N) is 4. The van der Waals surface area contributed by atoms with E-state index < -0.39 is 0 Å². The Hall–Kier alpha value is -1.97. The van der Waals surface area contributed by atoms with E-state index in [0.29, 0.717) is 0 Å². The van der Waals surface area contributed by atoms with Gasteiger partial charge in [-0.05, 0) is 26.0 Å². The van der Waals surface area contributed by atoms with Crippen molar-refractivity contribution >= 4 is 5.71 Å². The van der Waals surface area contributed by atoms with Crippen LogP contribution in [0.15, 0.2) is 29.4 Å². The van der Waals surface area contributed by atoms with Crippen LogP contribution in [0.2, 0.25) is 0 Å². The fourth-order valence-electron chi connectivity index (χ4n) is 2.19. The summed E-state index contributed by atoms with van der Waals surface area (Å²) in [6.45, 7) is 4.14. The van der Waals surface area contributed by atoms with Crippen molar-refractivity contribution in [3.8, 4) is 11.4 Å². The average Bonchev–Trinajstić information content (AvgIpc) is 2.79. The molecule has 0 bridgehead atoms. The van der Waals surface area contributed by atoms with Gasteiger partial charge in [0.15, 0.2) is 0 Å². The molecule has 17 heavy (non-hydrogen) atoms. The molecule has 4 nitrogen and oxygen atoms in total. The molecule has 0 N–H and O–H groups in total. The molecule has 1 aliphatic rings. The molecular formula is C13H15N4+. The summed E-state index contributed by atoms with van der Waals surface area (Å²) in [6.07, 6.45) is 0.884. The molecule has 0 radical (unpaired) electrons. The maximum absolute atomic E-state index is 4.55. The minimum Gasteiger partial charge on any atom is -0.114 e. The van der Waals surface area contributed by atoms with E-state index in [2.05, 4.69) is 41.4 Å². The van der Waals surface area contributed by atoms with Crippen molar-refractivity contribution in [2.75, 3.05) is 0 Å². The van der Waals surface area contributed by atoms with Crippen LogP contribution in [0.5, 0.6) is 0 Å². The Labute approximate surface area is 100 Å². The molecule has 0 atom stereocenters. The molecule has 0 unspecified atom stereocenters. The van der Waals surface area contributed by atoms with Crippen LogP contribution in [-0.4, -0.2) is 15.5 Å². The summed E-state index contributed by atoms with van der Waals surface area (Å²) in [6, 6.07) is 8.36. The van der Waals surface area contributed by atoms with Gasteiger partial charge in [0.2, 0.25) is 0 Å². The van der Waals surface area contributed by atoms with Crippen LogP contribution in [0, 0.1) is 6.92 Å². The SMILES string of the molecule is CC1=N[n+]2c(-c3cccc(C)c3)nn(C)c2C1. The van der Waals surface area contributed by atoms with Gasteiger partial charge in [0.1, 0.15) is 0 Å². The van der Waals surface area contributed by atoms with E-state index in [1.54, 1.807) is 0 Å². The lowest BCUT2D eigenvalue weighted by atomic mass is 10.1. The molecular weight excluding hydrogens is 212 g/mol. The van der Waals surface area contributed by atoms with Gasteiger partial charge in [-0.25, -0.2) is 0 Å². The molecule has 1 aliphatic heterocycles. The van der Waals surface area contributed by atoms with Gasteiger partial charge >= 0.3 is 5.82 Å². The van der Waals surface area contributed by atoms with Gasteiger partial charge in [-0.15, -0.1) is 14.5 Å². The first-order chi connectivity index (χ1) is 8.15. The summed E-state index contributed by atoms with van der Waals surface area (Å²) in [5, 5.41) is 9.08. The molecule has 0 aliphatic carbocycles. The monoisotopic (exact) mass is 227 g/mol. The first-order valence-electron chi connectivity index (χ1n) is 5.74. The van der Waals surface area contributed by atoms with E-state index in [0.717, 1.165) is 29.3 Å². The van der Waals surface area contributed by atoms with E-state index in [1.807, 2.05) is 23.3 Å². The predicted octanol–water partition coefficient (Wildman–Crippen LogP) is 1.46. The summed E-state index contributed by atoms with van der Waals surface area (Å²) in [5.41, 5.74) is 3.48. The number of aromatic nitrogens is 3. The number of fused-ring (bicyclic) bond motifs is 1. The molecule has 4 heteroatoms. The van der Waals surface area contributed by atoms with E-state index in [1.165, 1.54) is 5.56 Å². The number of benzene rings is 1. The van der Waals surface area contributed by atoms with E-state index in [9.17, 15) is 0 Å². The lowest BCUT2D eigenvalue weighted by molar-refractivity contribution is -0.670. The Morgan fingerprint density at radius 1 is 1.29 bits per heavy atom. The molecule has 0 amide bonds. The second-order valence-electron chi connectivity index (χ2n) is 4.56. The summed E-state index contributed by atoms with van der Waals surface area (Å²) >= 11 is 0. The molecule has 86 valence electrons. The van der Waals surface area contributed by atoms with Crippen molar-refractivity contribution in [2.45, 2.75) is 20.3 Å². The molecule has 3 rings (SSSR count). The fraction of sp³-hybridized carbons (Fsp3) is 0.308. The Kier molecular flexibility index (Phi) is 2.11. The minimum atomic E-state index is 0.884. The summed E-state index contributed by atoms with van der Waals surface area (Å²) < 4.78 is 3.86. The number of hydrogen-bond donors (Lipinski definition) is 0. The van der Waals surface area contributed by atoms with Gasteiger partial charge < -0.3 is 0 Å². The van der Waals surface area contributed by atoms with Crippen molar-refractivity contribution in [3.63, 3.8) is 0 Å². The second-order valence-corrected chi connectivity index (χ2v) is 4.56.